The van der Waals surface area contributed by atoms with Gasteiger partial charge in [-0.1, -0.05) is 45.0 Å². The lowest BCUT2D eigenvalue weighted by atomic mass is 9.94. The molecule has 0 aliphatic heterocycles. The van der Waals surface area contributed by atoms with Crippen molar-refractivity contribution in [2.24, 2.45) is 5.14 Å². The molecule has 288 valence electrons. The molecule has 1 aromatic heterocycles. The second kappa shape index (κ2) is 16.7. The third-order valence-corrected chi connectivity index (χ3v) is 14.9. The number of amides is 1. The number of carbonyl (C=O) groups is 3. The number of sulfonamides is 1. The van der Waals surface area contributed by atoms with E-state index in [1.165, 1.54) is 73.8 Å². The maximum absolute atomic E-state index is 14.4. The van der Waals surface area contributed by atoms with E-state index in [0.29, 0.717) is 27.9 Å². The number of hydrogen-bond donors (Lipinski definition) is 2. The molecular formula is C40H47F2N3O7SSi. The molecule has 0 aliphatic rings. The predicted molar refractivity (Wildman–Crippen MR) is 209 cm³/mol. The van der Waals surface area contributed by atoms with Crippen LogP contribution in [0.25, 0.3) is 28.3 Å². The van der Waals surface area contributed by atoms with Gasteiger partial charge in [-0.15, -0.1) is 0 Å². The van der Waals surface area contributed by atoms with Crippen LogP contribution in [0.5, 0.6) is 0 Å². The van der Waals surface area contributed by atoms with Crippen LogP contribution in [0.2, 0.25) is 18.1 Å². The molecule has 54 heavy (non-hydrogen) atoms. The zero-order chi connectivity index (χ0) is 40.2. The molecule has 0 aliphatic carbocycles. The van der Waals surface area contributed by atoms with E-state index in [-0.39, 0.29) is 39.9 Å². The molecule has 0 saturated heterocycles. The molecule has 1 atom stereocenters. The zero-order valence-electron chi connectivity index (χ0n) is 31.7. The van der Waals surface area contributed by atoms with Crippen LogP contribution >= 0.6 is 0 Å². The van der Waals surface area contributed by atoms with E-state index < -0.39 is 54.0 Å². The number of halogens is 2. The quantitative estimate of drug-likeness (QED) is 0.0741. The normalized spacial score (nSPS) is 13.0. The van der Waals surface area contributed by atoms with Crippen molar-refractivity contribution in [3.63, 3.8) is 0 Å². The van der Waals surface area contributed by atoms with Crippen molar-refractivity contribution in [2.45, 2.75) is 82.6 Å². The van der Waals surface area contributed by atoms with E-state index in [2.05, 4.69) is 26.1 Å². The summed E-state index contributed by atoms with van der Waals surface area (Å²) in [5.74, 6) is -2.45. The number of allylic oxidation sites excluding steroid dienone is 1. The molecule has 1 heterocycles. The molecule has 10 nitrogen and oxygen atoms in total. The molecule has 3 aromatic carbocycles. The first kappa shape index (κ1) is 42.0. The van der Waals surface area contributed by atoms with E-state index in [9.17, 15) is 31.6 Å². The van der Waals surface area contributed by atoms with Crippen LogP contribution in [0.3, 0.4) is 0 Å². The average Bonchev–Trinajstić information content (AvgIpc) is 3.42. The summed E-state index contributed by atoms with van der Waals surface area (Å²) in [6.45, 7) is 13.9. The van der Waals surface area contributed by atoms with Gasteiger partial charge in [-0.3, -0.25) is 14.4 Å². The Morgan fingerprint density at radius 2 is 1.39 bits per heavy atom. The number of rotatable bonds is 14. The fraction of sp³-hybridized carbons (Fsp3) is 0.325. The number of aromatic nitrogens is 1. The summed E-state index contributed by atoms with van der Waals surface area (Å²) < 4.78 is 65.3. The van der Waals surface area contributed by atoms with E-state index in [4.69, 9.17) is 14.3 Å². The monoisotopic (exact) mass is 779 g/mol. The fourth-order valence-electron chi connectivity index (χ4n) is 5.74. The van der Waals surface area contributed by atoms with Gasteiger partial charge in [0, 0.05) is 29.3 Å². The summed E-state index contributed by atoms with van der Waals surface area (Å²) in [6.07, 6.45) is 1.94. The molecule has 3 N–H and O–H groups in total. The number of benzene rings is 3. The van der Waals surface area contributed by atoms with Crippen LogP contribution in [-0.2, 0) is 28.8 Å². The van der Waals surface area contributed by atoms with Gasteiger partial charge in [0.15, 0.2) is 14.1 Å². The lowest BCUT2D eigenvalue weighted by molar-refractivity contribution is -0.142. The van der Waals surface area contributed by atoms with Crippen LogP contribution in [0.4, 0.5) is 14.5 Å². The van der Waals surface area contributed by atoms with Crippen LogP contribution < -0.4 is 10.5 Å². The van der Waals surface area contributed by atoms with Crippen LogP contribution in [0, 0.1) is 11.6 Å². The highest BCUT2D eigenvalue weighted by atomic mass is 32.2. The van der Waals surface area contributed by atoms with Crippen molar-refractivity contribution in [3.8, 4) is 22.3 Å². The SMILES string of the molecule is COC(=O)C[C@@H](CC(=O)C=Cc1c(-c2ccc(F)cc2)c(-c2ccc(F)cc2)c(C(=O)Nc2ccc(S(N)(=O)=O)cc2)n1C(C)C)O[Si](C)(C)C(C)(C)C. The van der Waals surface area contributed by atoms with Gasteiger partial charge in [-0.25, -0.2) is 22.3 Å². The zero-order valence-corrected chi connectivity index (χ0v) is 33.5. The number of esters is 1. The van der Waals surface area contributed by atoms with Crippen molar-refractivity contribution < 1.29 is 40.7 Å². The summed E-state index contributed by atoms with van der Waals surface area (Å²) >= 11 is 0. The highest BCUT2D eigenvalue weighted by Gasteiger charge is 2.40. The summed E-state index contributed by atoms with van der Waals surface area (Å²) in [7, 11) is -5.12. The molecule has 14 heteroatoms. The van der Waals surface area contributed by atoms with Gasteiger partial charge in [0.2, 0.25) is 10.0 Å². The number of ketones is 1. The standard InChI is InChI=1S/C40H47F2N3O7SSi/c1-25(2)45-34(22-19-31(46)23-32(24-35(47)51-6)52-54(7,8)40(3,4)5)36(26-9-13-28(41)14-10-26)37(27-11-15-29(42)16-12-27)38(45)39(48)44-30-17-20-33(21-18-30)53(43,49)50/h9-22,25,32H,23-24H2,1-8H3,(H,44,48)(H2,43,49,50)/t32-/m1/s1. The number of methoxy groups -OCH3 is 1. The Labute approximate surface area is 316 Å². The average molecular weight is 780 g/mol. The first-order valence-corrected chi connectivity index (χ1v) is 21.8. The van der Waals surface area contributed by atoms with Crippen molar-refractivity contribution >= 4 is 47.8 Å². The van der Waals surface area contributed by atoms with E-state index in [1.54, 1.807) is 22.8 Å². The Balaban J connectivity index is 1.92. The van der Waals surface area contributed by atoms with E-state index in [0.717, 1.165) is 0 Å². The Hall–Kier alpha value is -4.76. The maximum atomic E-state index is 14.4. The molecule has 0 radical (unpaired) electrons. The predicted octanol–water partition coefficient (Wildman–Crippen LogP) is 8.51. The molecular weight excluding hydrogens is 733 g/mol. The van der Waals surface area contributed by atoms with E-state index in [1.807, 2.05) is 26.9 Å². The van der Waals surface area contributed by atoms with Crippen LogP contribution in [0.1, 0.15) is 69.7 Å². The van der Waals surface area contributed by atoms with Gasteiger partial charge < -0.3 is 19.0 Å². The Kier molecular flexibility index (Phi) is 13.0. The number of hydrogen-bond acceptors (Lipinski definition) is 7. The third kappa shape index (κ3) is 10.1. The Bertz CT molecular complexity index is 2140. The Morgan fingerprint density at radius 3 is 1.85 bits per heavy atom. The maximum Gasteiger partial charge on any atom is 0.308 e. The lowest BCUT2D eigenvalue weighted by Gasteiger charge is -2.39. The first-order valence-electron chi connectivity index (χ1n) is 17.3. The number of anilines is 1. The number of nitrogens with two attached hydrogens (primary N) is 1. The van der Waals surface area contributed by atoms with Crippen LogP contribution in [-0.4, -0.2) is 52.2 Å². The number of ether oxygens (including phenoxy) is 1. The minimum Gasteiger partial charge on any atom is -0.469 e. The van der Waals surface area contributed by atoms with Gasteiger partial charge in [-0.05, 0) is 104 Å². The molecule has 0 bridgehead atoms. The molecule has 4 aromatic rings. The summed E-state index contributed by atoms with van der Waals surface area (Å²) in [5.41, 5.74) is 2.66. The second-order valence-electron chi connectivity index (χ2n) is 14.8. The number of nitrogens with zero attached hydrogens (tertiary/aromatic N) is 1. The van der Waals surface area contributed by atoms with Gasteiger partial charge in [-0.2, -0.15) is 0 Å². The van der Waals surface area contributed by atoms with Gasteiger partial charge >= 0.3 is 5.97 Å². The van der Waals surface area contributed by atoms with Gasteiger partial charge in [0.1, 0.15) is 17.3 Å². The largest absolute Gasteiger partial charge is 0.469 e. The minimum absolute atomic E-state index is 0.122. The number of nitrogens with one attached hydrogen (secondary N) is 1. The topological polar surface area (TPSA) is 147 Å². The number of primary sulfonamides is 1. The number of carbonyl (C=O) groups excluding carboxylic acids is 3. The summed E-state index contributed by atoms with van der Waals surface area (Å²) in [6, 6.07) is 16.1. The first-order chi connectivity index (χ1) is 25.1. The van der Waals surface area contributed by atoms with Gasteiger partial charge in [0.25, 0.3) is 5.91 Å². The summed E-state index contributed by atoms with van der Waals surface area (Å²) in [4.78, 5) is 40.4. The molecule has 0 saturated carbocycles. The highest BCUT2D eigenvalue weighted by molar-refractivity contribution is 7.89. The van der Waals surface area contributed by atoms with Crippen molar-refractivity contribution in [1.82, 2.24) is 4.57 Å². The van der Waals surface area contributed by atoms with Crippen molar-refractivity contribution in [2.75, 3.05) is 12.4 Å². The Morgan fingerprint density at radius 1 is 0.870 bits per heavy atom. The molecule has 4 rings (SSSR count). The van der Waals surface area contributed by atoms with E-state index >= 15 is 0 Å². The minimum atomic E-state index is -3.98. The summed E-state index contributed by atoms with van der Waals surface area (Å²) in [5, 5.41) is 7.89. The second-order valence-corrected chi connectivity index (χ2v) is 21.1. The molecule has 0 spiro atoms. The molecule has 0 unspecified atom stereocenters. The lowest BCUT2D eigenvalue weighted by Crippen LogP contribution is -2.44. The third-order valence-electron chi connectivity index (χ3n) is 9.43. The van der Waals surface area contributed by atoms with Crippen LogP contribution in [0.15, 0.2) is 83.8 Å². The fourth-order valence-corrected chi connectivity index (χ4v) is 7.61. The molecule has 0 fully saturated rings. The molecule has 1 amide bonds. The van der Waals surface area contributed by atoms with Gasteiger partial charge in [0.05, 0.1) is 30.2 Å². The van der Waals surface area contributed by atoms with Crippen molar-refractivity contribution in [3.05, 3.63) is 102 Å². The highest BCUT2D eigenvalue weighted by Crippen LogP contribution is 2.43. The smallest absolute Gasteiger partial charge is 0.308 e. The van der Waals surface area contributed by atoms with Crippen molar-refractivity contribution in [1.29, 1.82) is 0 Å².